The number of pyridine rings is 1. The predicted molar refractivity (Wildman–Crippen MR) is 71.3 cm³/mol. The Kier molecular flexibility index (Phi) is 4.45. The Hall–Kier alpha value is -2.24. The zero-order chi connectivity index (χ0) is 14.5. The molecule has 0 atom stereocenters. The van der Waals surface area contributed by atoms with Gasteiger partial charge in [0.05, 0.1) is 11.5 Å². The van der Waals surface area contributed by atoms with Gasteiger partial charge in [0.15, 0.2) is 0 Å². The Bertz CT molecular complexity index is 534. The molecule has 8 nitrogen and oxygen atoms in total. The van der Waals surface area contributed by atoms with E-state index in [-0.39, 0.29) is 17.9 Å². The molecule has 0 aromatic carbocycles. The van der Waals surface area contributed by atoms with E-state index in [1.54, 1.807) is 0 Å². The molecule has 20 heavy (non-hydrogen) atoms. The molecule has 1 N–H and O–H groups in total. The van der Waals surface area contributed by atoms with E-state index < -0.39 is 4.92 Å². The maximum atomic E-state index is 10.7. The van der Waals surface area contributed by atoms with E-state index in [9.17, 15) is 10.1 Å². The summed E-state index contributed by atoms with van der Waals surface area (Å²) in [6.45, 7) is 3.65. The van der Waals surface area contributed by atoms with Crippen molar-refractivity contribution in [1.82, 2.24) is 9.88 Å². The minimum atomic E-state index is -0.559. The van der Waals surface area contributed by atoms with Crippen LogP contribution in [0.3, 0.4) is 0 Å². The lowest BCUT2D eigenvalue weighted by molar-refractivity contribution is -0.385. The van der Waals surface area contributed by atoms with Crippen LogP contribution in [0, 0.1) is 21.4 Å². The van der Waals surface area contributed by atoms with Gasteiger partial charge in [-0.1, -0.05) is 0 Å². The van der Waals surface area contributed by atoms with E-state index >= 15 is 0 Å². The number of nitriles is 1. The lowest BCUT2D eigenvalue weighted by Crippen LogP contribution is -2.47. The van der Waals surface area contributed by atoms with Crippen LogP contribution in [0.4, 0.5) is 11.5 Å². The lowest BCUT2D eigenvalue weighted by atomic mass is 10.2. The maximum Gasteiger partial charge on any atom is 0.289 e. The second kappa shape index (κ2) is 6.27. The van der Waals surface area contributed by atoms with Crippen LogP contribution < -0.4 is 4.90 Å². The van der Waals surface area contributed by atoms with Crippen LogP contribution in [-0.2, 0) is 0 Å². The van der Waals surface area contributed by atoms with Crippen LogP contribution in [0.15, 0.2) is 12.3 Å². The van der Waals surface area contributed by atoms with Gasteiger partial charge in [0.2, 0.25) is 0 Å². The van der Waals surface area contributed by atoms with E-state index in [0.717, 1.165) is 13.1 Å². The SMILES string of the molecule is N#Cc1cc([N+](=O)[O-])cnc1N1CCN(CCO)CC1. The molecule has 0 radical (unpaired) electrons. The second-order valence-electron chi connectivity index (χ2n) is 4.49. The first-order chi connectivity index (χ1) is 9.65. The number of rotatable bonds is 4. The normalized spacial score (nSPS) is 15.9. The molecule has 0 saturated carbocycles. The first-order valence-electron chi connectivity index (χ1n) is 6.28. The fourth-order valence-corrected chi connectivity index (χ4v) is 2.21. The second-order valence-corrected chi connectivity index (χ2v) is 4.49. The third kappa shape index (κ3) is 3.01. The molecule has 1 saturated heterocycles. The van der Waals surface area contributed by atoms with E-state index in [1.165, 1.54) is 12.3 Å². The van der Waals surface area contributed by atoms with Gasteiger partial charge >= 0.3 is 0 Å². The van der Waals surface area contributed by atoms with Crippen LogP contribution in [0.25, 0.3) is 0 Å². The van der Waals surface area contributed by atoms with Crippen molar-refractivity contribution in [2.45, 2.75) is 0 Å². The summed E-state index contributed by atoms with van der Waals surface area (Å²) in [6, 6.07) is 3.21. The van der Waals surface area contributed by atoms with Gasteiger partial charge in [-0.05, 0) is 0 Å². The number of nitrogens with zero attached hydrogens (tertiary/aromatic N) is 5. The highest BCUT2D eigenvalue weighted by molar-refractivity contribution is 5.57. The molecule has 0 unspecified atom stereocenters. The van der Waals surface area contributed by atoms with Crippen LogP contribution in [0.1, 0.15) is 5.56 Å². The summed E-state index contributed by atoms with van der Waals surface area (Å²) < 4.78 is 0. The van der Waals surface area contributed by atoms with E-state index in [4.69, 9.17) is 10.4 Å². The van der Waals surface area contributed by atoms with Crippen molar-refractivity contribution in [2.75, 3.05) is 44.2 Å². The van der Waals surface area contributed by atoms with Gasteiger partial charge in [-0.3, -0.25) is 15.0 Å². The molecule has 1 aliphatic rings. The third-order valence-electron chi connectivity index (χ3n) is 3.27. The molecule has 0 bridgehead atoms. The molecular weight excluding hydrogens is 262 g/mol. The topological polar surface area (TPSA) is 107 Å². The average Bonchev–Trinajstić information content (AvgIpc) is 2.47. The largest absolute Gasteiger partial charge is 0.395 e. The van der Waals surface area contributed by atoms with E-state index in [0.29, 0.717) is 25.5 Å². The molecule has 1 fully saturated rings. The van der Waals surface area contributed by atoms with Crippen LogP contribution in [0.2, 0.25) is 0 Å². The Labute approximate surface area is 116 Å². The minimum Gasteiger partial charge on any atom is -0.395 e. The minimum absolute atomic E-state index is 0.124. The predicted octanol–water partition coefficient (Wildman–Crippen LogP) is -0.0242. The number of nitro groups is 1. The molecule has 1 aromatic heterocycles. The molecule has 0 aliphatic carbocycles. The van der Waals surface area contributed by atoms with E-state index in [1.807, 2.05) is 11.0 Å². The lowest BCUT2D eigenvalue weighted by Gasteiger charge is -2.35. The standard InChI is InChI=1S/C12H15N5O3/c13-8-10-7-11(17(19)20)9-14-12(10)16-3-1-15(2-4-16)5-6-18/h7,9,18H,1-6H2. The summed E-state index contributed by atoms with van der Waals surface area (Å²) in [7, 11) is 0. The van der Waals surface area contributed by atoms with Gasteiger partial charge in [-0.2, -0.15) is 5.26 Å². The van der Waals surface area contributed by atoms with Gasteiger partial charge in [0.25, 0.3) is 5.69 Å². The Morgan fingerprint density at radius 2 is 2.15 bits per heavy atom. The summed E-state index contributed by atoms with van der Waals surface area (Å²) in [5, 5.41) is 28.7. The van der Waals surface area contributed by atoms with Crippen molar-refractivity contribution < 1.29 is 10.0 Å². The summed E-state index contributed by atoms with van der Waals surface area (Å²) in [5.41, 5.74) is 0.0408. The molecule has 2 heterocycles. The maximum absolute atomic E-state index is 10.7. The molecule has 2 rings (SSSR count). The van der Waals surface area contributed by atoms with Crippen LogP contribution in [0.5, 0.6) is 0 Å². The number of piperazine rings is 1. The van der Waals surface area contributed by atoms with Crippen molar-refractivity contribution in [3.05, 3.63) is 27.9 Å². The molecule has 106 valence electrons. The number of aliphatic hydroxyl groups excluding tert-OH is 1. The number of hydrogen-bond acceptors (Lipinski definition) is 7. The Balaban J connectivity index is 2.14. The van der Waals surface area contributed by atoms with Crippen LogP contribution >= 0.6 is 0 Å². The van der Waals surface area contributed by atoms with Crippen LogP contribution in [-0.4, -0.2) is 59.2 Å². The fourth-order valence-electron chi connectivity index (χ4n) is 2.21. The highest BCUT2D eigenvalue weighted by Crippen LogP contribution is 2.22. The monoisotopic (exact) mass is 277 g/mol. The fraction of sp³-hybridized carbons (Fsp3) is 0.500. The number of anilines is 1. The Morgan fingerprint density at radius 3 is 2.70 bits per heavy atom. The van der Waals surface area contributed by atoms with Gasteiger partial charge in [-0.15, -0.1) is 0 Å². The van der Waals surface area contributed by atoms with Gasteiger partial charge < -0.3 is 10.0 Å². The highest BCUT2D eigenvalue weighted by Gasteiger charge is 2.21. The first kappa shape index (κ1) is 14.2. The van der Waals surface area contributed by atoms with Crippen molar-refractivity contribution in [1.29, 1.82) is 5.26 Å². The van der Waals surface area contributed by atoms with Crippen molar-refractivity contribution in [3.63, 3.8) is 0 Å². The summed E-state index contributed by atoms with van der Waals surface area (Å²) in [5.74, 6) is 0.488. The smallest absolute Gasteiger partial charge is 0.289 e. The zero-order valence-corrected chi connectivity index (χ0v) is 10.9. The Morgan fingerprint density at radius 1 is 1.45 bits per heavy atom. The summed E-state index contributed by atoms with van der Waals surface area (Å²) in [6.07, 6.45) is 1.18. The third-order valence-corrected chi connectivity index (χ3v) is 3.27. The molecule has 1 aromatic rings. The number of aromatic nitrogens is 1. The van der Waals surface area contributed by atoms with Crippen molar-refractivity contribution in [3.8, 4) is 6.07 Å². The highest BCUT2D eigenvalue weighted by atomic mass is 16.6. The van der Waals surface area contributed by atoms with Gasteiger partial charge in [0.1, 0.15) is 23.6 Å². The zero-order valence-electron chi connectivity index (χ0n) is 10.9. The number of hydrogen-bond donors (Lipinski definition) is 1. The summed E-state index contributed by atoms with van der Waals surface area (Å²) in [4.78, 5) is 18.2. The quantitative estimate of drug-likeness (QED) is 0.608. The average molecular weight is 277 g/mol. The van der Waals surface area contributed by atoms with Crippen molar-refractivity contribution in [2.24, 2.45) is 0 Å². The summed E-state index contributed by atoms with van der Waals surface area (Å²) >= 11 is 0. The number of β-amino-alcohol motifs (C(OH)–C–C–N with tert-alkyl or cyclic N) is 1. The van der Waals surface area contributed by atoms with E-state index in [2.05, 4.69) is 9.88 Å². The molecule has 0 amide bonds. The molecule has 0 spiro atoms. The van der Waals surface area contributed by atoms with Crippen molar-refractivity contribution >= 4 is 11.5 Å². The molecule has 8 heteroatoms. The number of aliphatic hydroxyl groups is 1. The molecule has 1 aliphatic heterocycles. The van der Waals surface area contributed by atoms with Gasteiger partial charge in [0, 0.05) is 38.8 Å². The first-order valence-corrected chi connectivity index (χ1v) is 6.28. The van der Waals surface area contributed by atoms with Gasteiger partial charge in [-0.25, -0.2) is 4.98 Å². The molecular formula is C12H15N5O3.